The minimum absolute atomic E-state index is 0.285. The van der Waals surface area contributed by atoms with Crippen LogP contribution in [0.25, 0.3) is 5.76 Å². The summed E-state index contributed by atoms with van der Waals surface area (Å²) in [5.74, 6) is -0.928. The van der Waals surface area contributed by atoms with Crippen LogP contribution in [0.1, 0.15) is 48.1 Å². The van der Waals surface area contributed by atoms with E-state index < -0.39 is 16.8 Å². The first-order valence-corrected chi connectivity index (χ1v) is 11.8. The van der Waals surface area contributed by atoms with Crippen molar-refractivity contribution >= 4 is 11.7 Å². The predicted octanol–water partition coefficient (Wildman–Crippen LogP) is 6.30. The van der Waals surface area contributed by atoms with Crippen molar-refractivity contribution in [2.75, 3.05) is 6.61 Å². The first-order valence-electron chi connectivity index (χ1n) is 11.8. The summed E-state index contributed by atoms with van der Waals surface area (Å²) in [6.07, 6.45) is 2.29. The van der Waals surface area contributed by atoms with Crippen molar-refractivity contribution < 1.29 is 19.0 Å². The van der Waals surface area contributed by atoms with Crippen molar-refractivity contribution in [3.8, 4) is 0 Å². The molecule has 0 aromatic heterocycles. The fourth-order valence-corrected chi connectivity index (χ4v) is 5.23. The molecule has 0 amide bonds. The van der Waals surface area contributed by atoms with Gasteiger partial charge in [-0.3, -0.25) is 4.79 Å². The Hall–Kier alpha value is -3.37. The van der Waals surface area contributed by atoms with E-state index in [1.807, 2.05) is 50.3 Å². The Labute approximate surface area is 201 Å². The number of benzene rings is 3. The highest BCUT2D eigenvalue weighted by atomic mass is 16.7. The van der Waals surface area contributed by atoms with E-state index in [1.165, 1.54) is 0 Å². The van der Waals surface area contributed by atoms with E-state index in [0.29, 0.717) is 12.2 Å². The Morgan fingerprint density at radius 3 is 1.97 bits per heavy atom. The molecule has 1 fully saturated rings. The molecule has 2 aliphatic rings. The van der Waals surface area contributed by atoms with Crippen molar-refractivity contribution in [2.24, 2.45) is 5.41 Å². The zero-order valence-electron chi connectivity index (χ0n) is 20.1. The molecule has 0 radical (unpaired) electrons. The number of aryl methyl sites for hydroxylation is 2. The zero-order chi connectivity index (χ0) is 24.0. The van der Waals surface area contributed by atoms with E-state index in [0.717, 1.165) is 27.8 Å². The molecular formula is C30H30O4. The third kappa shape index (κ3) is 3.36. The average Bonchev–Trinajstić information content (AvgIpc) is 3.27. The van der Waals surface area contributed by atoms with Gasteiger partial charge < -0.3 is 14.2 Å². The zero-order valence-corrected chi connectivity index (χ0v) is 20.1. The summed E-state index contributed by atoms with van der Waals surface area (Å²) >= 11 is 0. The molecule has 1 saturated heterocycles. The number of esters is 1. The maximum absolute atomic E-state index is 13.7. The van der Waals surface area contributed by atoms with E-state index >= 15 is 0 Å². The Kier molecular flexibility index (Phi) is 5.37. The summed E-state index contributed by atoms with van der Waals surface area (Å²) in [6, 6.07) is 26.5. The van der Waals surface area contributed by atoms with Crippen LogP contribution in [0, 0.1) is 19.3 Å². The number of rotatable bonds is 5. The van der Waals surface area contributed by atoms with Crippen LogP contribution < -0.4 is 0 Å². The first kappa shape index (κ1) is 22.4. The topological polar surface area (TPSA) is 44.8 Å². The minimum Gasteiger partial charge on any atom is -0.465 e. The molecule has 5 rings (SSSR count). The van der Waals surface area contributed by atoms with Gasteiger partial charge in [-0.05, 0) is 38.0 Å². The lowest BCUT2D eigenvalue weighted by Gasteiger charge is -2.34. The summed E-state index contributed by atoms with van der Waals surface area (Å²) in [5, 5.41) is 0. The molecule has 174 valence electrons. The first-order chi connectivity index (χ1) is 16.3. The quantitative estimate of drug-likeness (QED) is 0.424. The molecule has 4 nitrogen and oxygen atoms in total. The molecule has 2 heterocycles. The molecule has 0 bridgehead atoms. The van der Waals surface area contributed by atoms with Crippen LogP contribution in [0.15, 0.2) is 84.9 Å². The number of fused-ring (bicyclic) bond motifs is 1. The fourth-order valence-electron chi connectivity index (χ4n) is 5.23. The van der Waals surface area contributed by atoms with E-state index in [9.17, 15) is 4.79 Å². The van der Waals surface area contributed by atoms with E-state index in [4.69, 9.17) is 14.2 Å². The summed E-state index contributed by atoms with van der Waals surface area (Å²) in [6.45, 7) is 8.10. The molecule has 0 saturated carbocycles. The Bertz CT molecular complexity index is 1180. The summed E-state index contributed by atoms with van der Waals surface area (Å²) in [7, 11) is 0. The van der Waals surface area contributed by atoms with Crippen LogP contribution in [-0.2, 0) is 24.6 Å². The maximum Gasteiger partial charge on any atom is 0.322 e. The van der Waals surface area contributed by atoms with Gasteiger partial charge in [0.1, 0.15) is 11.4 Å². The highest BCUT2D eigenvalue weighted by Crippen LogP contribution is 2.64. The maximum atomic E-state index is 13.7. The monoisotopic (exact) mass is 454 g/mol. The summed E-state index contributed by atoms with van der Waals surface area (Å²) in [4.78, 5) is 13.7. The summed E-state index contributed by atoms with van der Waals surface area (Å²) < 4.78 is 19.1. The lowest BCUT2D eigenvalue weighted by molar-refractivity contribution is -0.225. The fraction of sp³-hybridized carbons (Fsp3) is 0.300. The molecule has 4 heteroatoms. The van der Waals surface area contributed by atoms with Gasteiger partial charge in [-0.25, -0.2) is 0 Å². The lowest BCUT2D eigenvalue weighted by Crippen LogP contribution is -2.46. The number of carbonyl (C=O) groups excluding carboxylic acids is 1. The molecule has 3 aromatic rings. The van der Waals surface area contributed by atoms with E-state index in [-0.39, 0.29) is 12.6 Å². The van der Waals surface area contributed by atoms with Gasteiger partial charge in [-0.2, -0.15) is 0 Å². The van der Waals surface area contributed by atoms with Crippen LogP contribution >= 0.6 is 0 Å². The van der Waals surface area contributed by atoms with Crippen molar-refractivity contribution in [3.05, 3.63) is 113 Å². The van der Waals surface area contributed by atoms with Crippen molar-refractivity contribution in [1.29, 1.82) is 0 Å². The number of hydrogen-bond acceptors (Lipinski definition) is 4. The molecule has 2 atom stereocenters. The lowest BCUT2D eigenvalue weighted by atomic mass is 9.71. The second-order valence-corrected chi connectivity index (χ2v) is 9.45. The number of carbonyl (C=O) groups is 1. The second kappa shape index (κ2) is 8.14. The average molecular weight is 455 g/mol. The standard InChI is InChI=1S/C30H30O4/c1-5-32-27(31)29-19-26(23-9-7-6-8-10-23)33-28(29,4)34-30(20-29,24-15-11-21(2)12-16-24)25-17-13-22(3)14-18-25/h6-19H,5,20H2,1-4H3/t28-,29+/m0/s1. The normalized spacial score (nSPS) is 24.8. The summed E-state index contributed by atoms with van der Waals surface area (Å²) in [5.41, 5.74) is 3.22. The number of hydrogen-bond donors (Lipinski definition) is 0. The highest BCUT2D eigenvalue weighted by molar-refractivity contribution is 5.86. The smallest absolute Gasteiger partial charge is 0.322 e. The van der Waals surface area contributed by atoms with E-state index in [2.05, 4.69) is 62.4 Å². The molecule has 0 spiro atoms. The van der Waals surface area contributed by atoms with Gasteiger partial charge in [-0.1, -0.05) is 90.0 Å². The SMILES string of the molecule is CCOC(=O)[C@]12C=C(c3ccccc3)O[C@@]1(C)OC(c1ccc(C)cc1)(c1ccc(C)cc1)C2. The Morgan fingerprint density at radius 2 is 1.44 bits per heavy atom. The third-order valence-corrected chi connectivity index (χ3v) is 7.12. The van der Waals surface area contributed by atoms with Crippen molar-refractivity contribution in [3.63, 3.8) is 0 Å². The molecule has 34 heavy (non-hydrogen) atoms. The van der Waals surface area contributed by atoms with Gasteiger partial charge in [0.15, 0.2) is 5.41 Å². The highest BCUT2D eigenvalue weighted by Gasteiger charge is 2.72. The van der Waals surface area contributed by atoms with Crippen LogP contribution in [0.3, 0.4) is 0 Å². The predicted molar refractivity (Wildman–Crippen MR) is 132 cm³/mol. The van der Waals surface area contributed by atoms with Gasteiger partial charge in [0, 0.05) is 18.9 Å². The van der Waals surface area contributed by atoms with Crippen LogP contribution in [-0.4, -0.2) is 18.4 Å². The van der Waals surface area contributed by atoms with E-state index in [1.54, 1.807) is 0 Å². The second-order valence-electron chi connectivity index (χ2n) is 9.45. The van der Waals surface area contributed by atoms with Crippen molar-refractivity contribution in [1.82, 2.24) is 0 Å². The van der Waals surface area contributed by atoms with Gasteiger partial charge in [-0.15, -0.1) is 0 Å². The minimum atomic E-state index is -1.24. The van der Waals surface area contributed by atoms with Crippen LogP contribution in [0.4, 0.5) is 0 Å². The number of ether oxygens (including phenoxy) is 3. The van der Waals surface area contributed by atoms with Gasteiger partial charge >= 0.3 is 5.97 Å². The Balaban J connectivity index is 1.71. The molecule has 0 N–H and O–H groups in total. The van der Waals surface area contributed by atoms with Crippen LogP contribution in [0.2, 0.25) is 0 Å². The molecular weight excluding hydrogens is 424 g/mol. The van der Waals surface area contributed by atoms with Crippen LogP contribution in [0.5, 0.6) is 0 Å². The molecule has 0 aliphatic carbocycles. The van der Waals surface area contributed by atoms with Gasteiger partial charge in [0.25, 0.3) is 0 Å². The molecule has 3 aromatic carbocycles. The Morgan fingerprint density at radius 1 is 0.882 bits per heavy atom. The van der Waals surface area contributed by atoms with Gasteiger partial charge in [0.05, 0.1) is 6.61 Å². The van der Waals surface area contributed by atoms with Gasteiger partial charge in [0.2, 0.25) is 5.79 Å². The molecule has 0 unspecified atom stereocenters. The third-order valence-electron chi connectivity index (χ3n) is 7.12. The largest absolute Gasteiger partial charge is 0.465 e. The molecule has 2 aliphatic heterocycles. The van der Waals surface area contributed by atoms with Crippen molar-refractivity contribution in [2.45, 2.75) is 45.5 Å².